The first-order valence-corrected chi connectivity index (χ1v) is 14.7. The van der Waals surface area contributed by atoms with E-state index >= 15 is 0 Å². The molecule has 1 aromatic carbocycles. The second-order valence-corrected chi connectivity index (χ2v) is 11.6. The number of hydrogen-bond acceptors (Lipinski definition) is 9. The molecule has 0 aliphatic rings. The third-order valence-corrected chi connectivity index (χ3v) is 8.81. The molecule has 0 bridgehead atoms. The first-order chi connectivity index (χ1) is 20.2. The topological polar surface area (TPSA) is 94.1 Å². The molecule has 6 aromatic rings. The number of hydrogen-bond donors (Lipinski definition) is 0. The van der Waals surface area contributed by atoms with E-state index in [1.165, 1.54) is 52.5 Å². The summed E-state index contributed by atoms with van der Waals surface area (Å²) in [7, 11) is 0. The van der Waals surface area contributed by atoms with Gasteiger partial charge in [-0.3, -0.25) is 29.1 Å². The van der Waals surface area contributed by atoms with Gasteiger partial charge in [0.1, 0.15) is 0 Å². The van der Waals surface area contributed by atoms with Crippen LogP contribution in [0, 0.1) is 54.8 Å². The van der Waals surface area contributed by atoms with Gasteiger partial charge in [0.25, 0.3) is 5.78 Å². The summed E-state index contributed by atoms with van der Waals surface area (Å²) in [5.74, 6) is -7.10. The molecule has 0 saturated heterocycles. The monoisotopic (exact) mass is 775 g/mol. The van der Waals surface area contributed by atoms with Gasteiger partial charge in [-0.15, -0.1) is 34.0 Å². The van der Waals surface area contributed by atoms with Crippen LogP contribution in [0.1, 0.15) is 29.0 Å². The van der Waals surface area contributed by atoms with Gasteiger partial charge in [0.15, 0.2) is 0 Å². The Kier molecular flexibility index (Phi) is 10.7. The van der Waals surface area contributed by atoms with Crippen molar-refractivity contribution in [2.75, 3.05) is 0 Å². The zero-order valence-corrected chi connectivity index (χ0v) is 26.5. The molecular formula is C30H17EuF3N2O4S3. The minimum Gasteiger partial charge on any atom is -0.291 e. The molecule has 0 saturated carbocycles. The van der Waals surface area contributed by atoms with Crippen LogP contribution in [0.25, 0.3) is 21.8 Å². The van der Waals surface area contributed by atoms with Crippen molar-refractivity contribution in [2.45, 2.75) is 6.18 Å². The normalized spacial score (nSPS) is 11.3. The average molecular weight is 775 g/mol. The number of benzene rings is 1. The zero-order valence-electron chi connectivity index (χ0n) is 21.6. The molecule has 0 spiro atoms. The predicted octanol–water partition coefficient (Wildman–Crippen LogP) is 7.72. The van der Waals surface area contributed by atoms with E-state index in [9.17, 15) is 32.3 Å². The van der Waals surface area contributed by atoms with Crippen molar-refractivity contribution in [1.82, 2.24) is 9.97 Å². The molecule has 5 heterocycles. The summed E-state index contributed by atoms with van der Waals surface area (Å²) in [6.07, 6.45) is -1.97. The van der Waals surface area contributed by atoms with Crippen LogP contribution in [-0.4, -0.2) is 39.3 Å². The van der Waals surface area contributed by atoms with Gasteiger partial charge in [0, 0.05) is 72.5 Å². The van der Waals surface area contributed by atoms with Crippen LogP contribution in [0.5, 0.6) is 0 Å². The number of aromatic nitrogens is 2. The number of carbonyl (C=O) groups excluding carboxylic acids is 4. The van der Waals surface area contributed by atoms with Gasteiger partial charge < -0.3 is 0 Å². The molecule has 1 radical (unpaired) electrons. The molecule has 43 heavy (non-hydrogen) atoms. The number of alkyl halides is 3. The van der Waals surface area contributed by atoms with Crippen LogP contribution in [0.4, 0.5) is 13.2 Å². The van der Waals surface area contributed by atoms with E-state index in [0.29, 0.717) is 0 Å². The summed E-state index contributed by atoms with van der Waals surface area (Å²) in [6, 6.07) is 19.8. The van der Waals surface area contributed by atoms with Crippen molar-refractivity contribution in [3.05, 3.63) is 116 Å². The second kappa shape index (κ2) is 13.9. The summed E-state index contributed by atoms with van der Waals surface area (Å²) in [4.78, 5) is 59.8. The Bertz CT molecular complexity index is 1740. The Morgan fingerprint density at radius 3 is 1.23 bits per heavy atom. The molecule has 0 aliphatic heterocycles. The summed E-state index contributed by atoms with van der Waals surface area (Å²) in [5, 5.41) is 6.49. The van der Waals surface area contributed by atoms with Crippen molar-refractivity contribution in [1.29, 1.82) is 0 Å². The second-order valence-electron chi connectivity index (χ2n) is 8.71. The maximum atomic E-state index is 13.6. The standard InChI is InChI=1S/C18H9F3O4S3.C12H8N2.Eu/c19-18(20,21)16(25)17(13(22)10-4-1-7-26-10,14(23)11-5-2-8-27-11)15(24)12-6-3-9-28-12;1-3-9-5-6-10-4-2-8-14-12(10)11(9)13-7-1;/h1-9H;1-8H;. The van der Waals surface area contributed by atoms with E-state index in [0.717, 1.165) is 55.8 Å². The van der Waals surface area contributed by atoms with Crippen LogP contribution in [0.15, 0.2) is 101 Å². The first-order valence-electron chi connectivity index (χ1n) is 12.1. The fourth-order valence-corrected chi connectivity index (χ4v) is 6.45. The summed E-state index contributed by atoms with van der Waals surface area (Å²) >= 11 is 2.25. The first kappa shape index (κ1) is 33.1. The maximum absolute atomic E-state index is 13.6. The van der Waals surface area contributed by atoms with E-state index < -0.39 is 34.7 Å². The third-order valence-electron chi connectivity index (χ3n) is 6.20. The number of pyridine rings is 2. The van der Waals surface area contributed by atoms with Gasteiger partial charge in [0.05, 0.1) is 25.7 Å². The molecule has 0 unspecified atom stereocenters. The Morgan fingerprint density at radius 2 is 0.930 bits per heavy atom. The summed E-state index contributed by atoms with van der Waals surface area (Å²) in [5.41, 5.74) is -1.60. The molecule has 6 nitrogen and oxygen atoms in total. The number of rotatable bonds is 7. The van der Waals surface area contributed by atoms with Crippen molar-refractivity contribution < 1.29 is 81.7 Å². The fourth-order valence-electron chi connectivity index (χ4n) is 4.29. The predicted molar refractivity (Wildman–Crippen MR) is 156 cm³/mol. The van der Waals surface area contributed by atoms with Crippen LogP contribution in [0.3, 0.4) is 0 Å². The van der Waals surface area contributed by atoms with Gasteiger partial charge in [-0.2, -0.15) is 13.2 Å². The quantitative estimate of drug-likeness (QED) is 0.0938. The molecule has 0 aliphatic carbocycles. The number of ketones is 4. The molecule has 0 fully saturated rings. The van der Waals surface area contributed by atoms with Crippen molar-refractivity contribution in [3.8, 4) is 0 Å². The van der Waals surface area contributed by atoms with E-state index in [2.05, 4.69) is 34.2 Å². The minimum absolute atomic E-state index is 0. The average Bonchev–Trinajstić information content (AvgIpc) is 3.81. The SMILES string of the molecule is O=C(c1cccs1)C(C(=O)c1cccs1)(C(=O)c1cccs1)C(=O)C(F)(F)F.[Eu].c1cnc2c(c1)ccc1cccnc12. The Labute approximate surface area is 295 Å². The van der Waals surface area contributed by atoms with E-state index in [1.807, 2.05) is 12.1 Å². The van der Waals surface area contributed by atoms with Gasteiger partial charge >= 0.3 is 6.18 Å². The molecule has 6 rings (SSSR count). The third kappa shape index (κ3) is 6.52. The van der Waals surface area contributed by atoms with Gasteiger partial charge in [-0.25, -0.2) is 0 Å². The van der Waals surface area contributed by atoms with Crippen LogP contribution >= 0.6 is 34.0 Å². The number of nitrogens with zero attached hydrogens (tertiary/aromatic N) is 2. The van der Waals surface area contributed by atoms with Crippen molar-refractivity contribution >= 4 is 78.9 Å². The zero-order chi connectivity index (χ0) is 29.9. The Morgan fingerprint density at radius 1 is 0.558 bits per heavy atom. The smallest absolute Gasteiger partial charge is 0.291 e. The molecular weight excluding hydrogens is 757 g/mol. The number of halogens is 3. The molecule has 13 heteroatoms. The summed E-state index contributed by atoms with van der Waals surface area (Å²) in [6.45, 7) is 0. The fraction of sp³-hybridized carbons (Fsp3) is 0.0667. The Balaban J connectivity index is 0.000000235. The number of carbonyl (C=O) groups is 4. The van der Waals surface area contributed by atoms with E-state index in [1.54, 1.807) is 12.4 Å². The Hall–Kier alpha value is -2.81. The van der Waals surface area contributed by atoms with Gasteiger partial charge in [-0.05, 0) is 46.5 Å². The van der Waals surface area contributed by atoms with Gasteiger partial charge in [0.2, 0.25) is 22.8 Å². The molecule has 0 N–H and O–H groups in total. The van der Waals surface area contributed by atoms with Crippen LogP contribution in [0.2, 0.25) is 0 Å². The number of fused-ring (bicyclic) bond motifs is 3. The molecule has 0 atom stereocenters. The largest absolute Gasteiger partial charge is 0.452 e. The minimum atomic E-state index is -5.58. The number of Topliss-reactive ketones (excluding diaryl/α,β-unsaturated/α-hetero) is 4. The van der Waals surface area contributed by atoms with E-state index in [-0.39, 0.29) is 64.0 Å². The summed E-state index contributed by atoms with van der Waals surface area (Å²) < 4.78 is 40.7. The number of thiophene rings is 3. The molecule has 5 aromatic heterocycles. The van der Waals surface area contributed by atoms with E-state index in [4.69, 9.17) is 0 Å². The van der Waals surface area contributed by atoms with Crippen molar-refractivity contribution in [2.24, 2.45) is 5.41 Å². The van der Waals surface area contributed by atoms with Crippen LogP contribution in [-0.2, 0) is 4.79 Å². The van der Waals surface area contributed by atoms with Crippen molar-refractivity contribution in [3.63, 3.8) is 0 Å². The maximum Gasteiger partial charge on any atom is 0.452 e. The van der Waals surface area contributed by atoms with Crippen LogP contribution < -0.4 is 0 Å². The van der Waals surface area contributed by atoms with Gasteiger partial charge in [-0.1, -0.05) is 42.5 Å². The molecule has 217 valence electrons. The molecule has 0 amide bonds.